The van der Waals surface area contributed by atoms with E-state index in [9.17, 15) is 21.6 Å². The molecule has 0 amide bonds. The van der Waals surface area contributed by atoms with Crippen molar-refractivity contribution in [3.63, 3.8) is 0 Å². The van der Waals surface area contributed by atoms with Crippen molar-refractivity contribution in [2.75, 3.05) is 18.8 Å². The molecule has 1 aromatic carbocycles. The number of rotatable bonds is 6. The molecule has 0 heterocycles. The second-order valence-corrected chi connectivity index (χ2v) is 6.20. The smallest absolute Gasteiger partial charge is 0.316 e. The summed E-state index contributed by atoms with van der Waals surface area (Å²) in [5.74, 6) is -0.127. The lowest BCUT2D eigenvalue weighted by molar-refractivity contribution is -0.137. The van der Waals surface area contributed by atoms with Gasteiger partial charge in [0.25, 0.3) is 0 Å². The average Bonchev–Trinajstić information content (AvgIpc) is 2.34. The van der Waals surface area contributed by atoms with Crippen molar-refractivity contribution in [3.8, 4) is 0 Å². The van der Waals surface area contributed by atoms with Crippen molar-refractivity contribution in [2.24, 2.45) is 0 Å². The molecule has 0 unspecified atom stereocenters. The van der Waals surface area contributed by atoms with Crippen LogP contribution in [-0.2, 0) is 16.0 Å². The van der Waals surface area contributed by atoms with Crippen molar-refractivity contribution >= 4 is 9.84 Å². The number of hydrogen-bond donors (Lipinski definition) is 1. The molecule has 0 saturated heterocycles. The van der Waals surface area contributed by atoms with Crippen molar-refractivity contribution in [1.82, 2.24) is 5.32 Å². The van der Waals surface area contributed by atoms with Gasteiger partial charge in [-0.05, 0) is 37.2 Å². The third-order valence-electron chi connectivity index (χ3n) is 2.52. The molecular weight excluding hydrogens is 279 g/mol. The van der Waals surface area contributed by atoms with Gasteiger partial charge in [0.2, 0.25) is 0 Å². The molecule has 0 bridgehead atoms. The predicted molar refractivity (Wildman–Crippen MR) is 66.7 cm³/mol. The minimum atomic E-state index is -4.45. The molecule has 0 aliphatic heterocycles. The Kier molecular flexibility index (Phi) is 5.37. The zero-order chi connectivity index (χ0) is 14.5. The van der Waals surface area contributed by atoms with Crippen LogP contribution >= 0.6 is 0 Å². The summed E-state index contributed by atoms with van der Waals surface area (Å²) in [4.78, 5) is -0.0844. The Labute approximate surface area is 110 Å². The van der Waals surface area contributed by atoms with Crippen molar-refractivity contribution in [3.05, 3.63) is 29.8 Å². The topological polar surface area (TPSA) is 46.2 Å². The third-order valence-corrected chi connectivity index (χ3v) is 4.25. The Bertz CT molecular complexity index is 495. The number of benzene rings is 1. The summed E-state index contributed by atoms with van der Waals surface area (Å²) >= 11 is 0. The molecule has 1 aromatic rings. The van der Waals surface area contributed by atoms with Crippen LogP contribution in [0.25, 0.3) is 0 Å². The van der Waals surface area contributed by atoms with E-state index >= 15 is 0 Å². The van der Waals surface area contributed by atoms with E-state index in [-0.39, 0.29) is 17.2 Å². The molecule has 0 fully saturated rings. The lowest BCUT2D eigenvalue weighted by Gasteiger charge is -2.08. The van der Waals surface area contributed by atoms with Gasteiger partial charge in [0.05, 0.1) is 16.2 Å². The predicted octanol–water partition coefficient (Wildman–Crippen LogP) is 2.48. The summed E-state index contributed by atoms with van der Waals surface area (Å²) in [6.07, 6.45) is -3.56. The zero-order valence-corrected chi connectivity index (χ0v) is 11.3. The summed E-state index contributed by atoms with van der Waals surface area (Å²) < 4.78 is 60.7. The summed E-state index contributed by atoms with van der Waals surface area (Å²) in [7, 11) is -3.53. The highest BCUT2D eigenvalue weighted by molar-refractivity contribution is 7.91. The van der Waals surface area contributed by atoms with E-state index in [0.29, 0.717) is 6.54 Å². The molecule has 0 atom stereocenters. The standard InChI is InChI=1S/C12H16F3NO2S/c1-2-7-16-8-9-19(17,18)11-5-3-10(4-6-11)12(13,14)15/h3-6,16H,2,7-9H2,1H3. The van der Waals surface area contributed by atoms with Crippen LogP contribution in [0.5, 0.6) is 0 Å². The van der Waals surface area contributed by atoms with Crippen LogP contribution in [0.15, 0.2) is 29.2 Å². The highest BCUT2D eigenvalue weighted by Crippen LogP contribution is 2.29. The normalized spacial score (nSPS) is 12.6. The lowest BCUT2D eigenvalue weighted by atomic mass is 10.2. The molecule has 0 saturated carbocycles. The van der Waals surface area contributed by atoms with Crippen molar-refractivity contribution < 1.29 is 21.6 Å². The van der Waals surface area contributed by atoms with Gasteiger partial charge in [0.15, 0.2) is 9.84 Å². The first-order valence-corrected chi connectivity index (χ1v) is 7.53. The molecule has 0 aromatic heterocycles. The van der Waals surface area contributed by atoms with Crippen LogP contribution < -0.4 is 5.32 Å². The van der Waals surface area contributed by atoms with E-state index in [1.807, 2.05) is 6.92 Å². The van der Waals surface area contributed by atoms with Gasteiger partial charge in [-0.1, -0.05) is 6.92 Å². The van der Waals surface area contributed by atoms with Crippen LogP contribution in [0.1, 0.15) is 18.9 Å². The molecule has 7 heteroatoms. The molecule has 3 nitrogen and oxygen atoms in total. The summed E-state index contributed by atoms with van der Waals surface area (Å²) in [6.45, 7) is 2.96. The summed E-state index contributed by atoms with van der Waals surface area (Å²) in [5.41, 5.74) is -0.851. The molecule has 1 N–H and O–H groups in total. The van der Waals surface area contributed by atoms with Gasteiger partial charge in [0, 0.05) is 6.54 Å². The first-order chi connectivity index (χ1) is 8.77. The molecule has 0 spiro atoms. The monoisotopic (exact) mass is 295 g/mol. The van der Waals surface area contributed by atoms with E-state index in [4.69, 9.17) is 0 Å². The maximum Gasteiger partial charge on any atom is 0.416 e. The maximum atomic E-state index is 12.3. The fourth-order valence-electron chi connectivity index (χ4n) is 1.48. The maximum absolute atomic E-state index is 12.3. The Morgan fingerprint density at radius 3 is 2.16 bits per heavy atom. The lowest BCUT2D eigenvalue weighted by Crippen LogP contribution is -2.23. The Hall–Kier alpha value is -1.08. The fourth-order valence-corrected chi connectivity index (χ4v) is 2.68. The quantitative estimate of drug-likeness (QED) is 0.820. The van der Waals surface area contributed by atoms with Crippen LogP contribution in [0, 0.1) is 0 Å². The van der Waals surface area contributed by atoms with Crippen LogP contribution in [-0.4, -0.2) is 27.3 Å². The fraction of sp³-hybridized carbons (Fsp3) is 0.500. The second kappa shape index (κ2) is 6.38. The van der Waals surface area contributed by atoms with Gasteiger partial charge in [-0.15, -0.1) is 0 Å². The summed E-state index contributed by atoms with van der Waals surface area (Å²) in [5, 5.41) is 2.94. The van der Waals surface area contributed by atoms with Gasteiger partial charge >= 0.3 is 6.18 Å². The van der Waals surface area contributed by atoms with E-state index in [1.54, 1.807) is 0 Å². The minimum Gasteiger partial charge on any atom is -0.316 e. The van der Waals surface area contributed by atoms with Crippen LogP contribution in [0.4, 0.5) is 13.2 Å². The zero-order valence-electron chi connectivity index (χ0n) is 10.5. The van der Waals surface area contributed by atoms with Crippen molar-refractivity contribution in [1.29, 1.82) is 0 Å². The molecule has 108 valence electrons. The van der Waals surface area contributed by atoms with E-state index < -0.39 is 21.6 Å². The van der Waals surface area contributed by atoms with Crippen molar-refractivity contribution in [2.45, 2.75) is 24.4 Å². The highest BCUT2D eigenvalue weighted by Gasteiger charge is 2.30. The molecule has 1 rings (SSSR count). The Morgan fingerprint density at radius 2 is 1.68 bits per heavy atom. The number of hydrogen-bond acceptors (Lipinski definition) is 3. The minimum absolute atomic E-state index is 0.0844. The van der Waals surface area contributed by atoms with Gasteiger partial charge in [0.1, 0.15) is 0 Å². The van der Waals surface area contributed by atoms with E-state index in [2.05, 4.69) is 5.32 Å². The number of halogens is 3. The highest BCUT2D eigenvalue weighted by atomic mass is 32.2. The Morgan fingerprint density at radius 1 is 1.11 bits per heavy atom. The molecule has 0 radical (unpaired) electrons. The van der Waals surface area contributed by atoms with Gasteiger partial charge in [-0.2, -0.15) is 13.2 Å². The van der Waals surface area contributed by atoms with E-state index in [0.717, 1.165) is 30.7 Å². The number of alkyl halides is 3. The molecule has 0 aliphatic rings. The van der Waals surface area contributed by atoms with Gasteiger partial charge in [-0.3, -0.25) is 0 Å². The Balaban J connectivity index is 2.74. The third kappa shape index (κ3) is 4.83. The largest absolute Gasteiger partial charge is 0.416 e. The van der Waals surface area contributed by atoms with Crippen LogP contribution in [0.3, 0.4) is 0 Å². The van der Waals surface area contributed by atoms with Gasteiger partial charge in [-0.25, -0.2) is 8.42 Å². The number of nitrogens with one attached hydrogen (secondary N) is 1. The number of sulfone groups is 1. The first kappa shape index (κ1) is 16.0. The first-order valence-electron chi connectivity index (χ1n) is 5.88. The summed E-state index contributed by atoms with van der Waals surface area (Å²) in [6, 6.07) is 3.56. The van der Waals surface area contributed by atoms with Crippen LogP contribution in [0.2, 0.25) is 0 Å². The molecule has 19 heavy (non-hydrogen) atoms. The van der Waals surface area contributed by atoms with E-state index in [1.165, 1.54) is 0 Å². The SMILES string of the molecule is CCCNCCS(=O)(=O)c1ccc(C(F)(F)F)cc1. The van der Waals surface area contributed by atoms with Gasteiger partial charge < -0.3 is 5.32 Å². The average molecular weight is 295 g/mol. The molecule has 0 aliphatic carbocycles. The second-order valence-electron chi connectivity index (χ2n) is 4.09. The molecular formula is C12H16F3NO2S.